The van der Waals surface area contributed by atoms with E-state index in [-0.39, 0.29) is 12.6 Å². The predicted octanol–water partition coefficient (Wildman–Crippen LogP) is 3.89. The molecule has 1 N–H and O–H groups in total. The van der Waals surface area contributed by atoms with E-state index in [4.69, 9.17) is 32.4 Å². The lowest BCUT2D eigenvalue weighted by Crippen LogP contribution is -2.33. The summed E-state index contributed by atoms with van der Waals surface area (Å²) in [5, 5.41) is 3.60. The number of rotatable bonds is 2. The normalized spacial score (nSPS) is 14.6. The predicted molar refractivity (Wildman–Crippen MR) is 84.2 cm³/mol. The Hall–Kier alpha value is -2.18. The van der Waals surface area contributed by atoms with Crippen LogP contribution in [-0.4, -0.2) is 29.6 Å². The zero-order valence-corrected chi connectivity index (χ0v) is 13.0. The van der Waals surface area contributed by atoms with Gasteiger partial charge in [0.25, 0.3) is 0 Å². The molecule has 0 bridgehead atoms. The zero-order valence-electron chi connectivity index (χ0n) is 11.5. The van der Waals surface area contributed by atoms with Crippen LogP contribution in [0.5, 0.6) is 5.75 Å². The lowest BCUT2D eigenvalue weighted by Gasteiger charge is -2.22. The first-order valence-corrected chi connectivity index (χ1v) is 7.05. The van der Waals surface area contributed by atoms with Crippen molar-refractivity contribution >= 4 is 46.0 Å². The number of methoxy groups -OCH3 is 1. The molecule has 0 fully saturated rings. The van der Waals surface area contributed by atoms with Crippen LogP contribution in [-0.2, 0) is 0 Å². The molecule has 0 saturated heterocycles. The minimum absolute atomic E-state index is 0.249. The number of hydrogen-bond acceptors (Lipinski definition) is 4. The first kappa shape index (κ1) is 14.7. The van der Waals surface area contributed by atoms with Crippen molar-refractivity contribution in [2.45, 2.75) is 0 Å². The van der Waals surface area contributed by atoms with Crippen molar-refractivity contribution in [1.29, 1.82) is 0 Å². The molecule has 1 aliphatic heterocycles. The molecular weight excluding hydrogens is 329 g/mol. The molecule has 2 aromatic rings. The SMILES string of the molecule is COc1ccc(NC(=O)N2C=C(Cl)C=C(Cl)C2)c2ocnc12. The number of nitrogens with zero attached hydrogens (tertiary/aromatic N) is 2. The summed E-state index contributed by atoms with van der Waals surface area (Å²) in [6.07, 6.45) is 4.39. The summed E-state index contributed by atoms with van der Waals surface area (Å²) < 4.78 is 10.5. The average Bonchev–Trinajstić information content (AvgIpc) is 2.96. The molecule has 0 unspecified atom stereocenters. The largest absolute Gasteiger partial charge is 0.494 e. The van der Waals surface area contributed by atoms with Gasteiger partial charge in [-0.2, -0.15) is 0 Å². The van der Waals surface area contributed by atoms with Gasteiger partial charge in [0, 0.05) is 11.2 Å². The molecule has 114 valence electrons. The summed E-state index contributed by atoms with van der Waals surface area (Å²) in [4.78, 5) is 17.8. The van der Waals surface area contributed by atoms with E-state index in [0.717, 1.165) is 0 Å². The van der Waals surface area contributed by atoms with Crippen LogP contribution in [0.3, 0.4) is 0 Å². The van der Waals surface area contributed by atoms with Gasteiger partial charge in [-0.15, -0.1) is 0 Å². The molecule has 1 aromatic heterocycles. The van der Waals surface area contributed by atoms with E-state index < -0.39 is 0 Å². The highest BCUT2D eigenvalue weighted by Crippen LogP contribution is 2.31. The standard InChI is InChI=1S/C14H11Cl2N3O3/c1-21-11-3-2-10(13-12(11)17-7-22-13)18-14(20)19-5-8(15)4-9(16)6-19/h2-5,7H,6H2,1H3,(H,18,20). The number of fused-ring (bicyclic) bond motifs is 1. The van der Waals surface area contributed by atoms with Gasteiger partial charge in [-0.1, -0.05) is 23.2 Å². The van der Waals surface area contributed by atoms with Crippen LogP contribution in [0.15, 0.2) is 45.3 Å². The maximum Gasteiger partial charge on any atom is 0.326 e. The summed E-state index contributed by atoms with van der Waals surface area (Å²) >= 11 is 11.8. The van der Waals surface area contributed by atoms with Crippen LogP contribution in [0.1, 0.15) is 0 Å². The number of allylic oxidation sites excluding steroid dienone is 2. The van der Waals surface area contributed by atoms with E-state index in [0.29, 0.717) is 32.6 Å². The molecule has 3 rings (SSSR count). The monoisotopic (exact) mass is 339 g/mol. The Balaban J connectivity index is 1.86. The fourth-order valence-corrected chi connectivity index (χ4v) is 2.65. The average molecular weight is 340 g/mol. The van der Waals surface area contributed by atoms with Gasteiger partial charge in [-0.25, -0.2) is 9.78 Å². The maximum atomic E-state index is 12.3. The van der Waals surface area contributed by atoms with E-state index >= 15 is 0 Å². The van der Waals surface area contributed by atoms with Crippen molar-refractivity contribution in [3.05, 3.63) is 40.9 Å². The number of nitrogens with one attached hydrogen (secondary N) is 1. The van der Waals surface area contributed by atoms with E-state index in [9.17, 15) is 4.79 Å². The van der Waals surface area contributed by atoms with Crippen LogP contribution in [0.25, 0.3) is 11.1 Å². The summed E-state index contributed by atoms with van der Waals surface area (Å²) in [5.74, 6) is 0.564. The molecule has 0 radical (unpaired) electrons. The Morgan fingerprint density at radius 2 is 2.27 bits per heavy atom. The minimum atomic E-state index is -0.382. The Bertz CT molecular complexity index is 798. The summed E-state index contributed by atoms with van der Waals surface area (Å²) in [7, 11) is 1.54. The third-order valence-corrected chi connectivity index (χ3v) is 3.50. The third kappa shape index (κ3) is 2.75. The molecule has 8 heteroatoms. The van der Waals surface area contributed by atoms with Crippen molar-refractivity contribution in [2.24, 2.45) is 0 Å². The van der Waals surface area contributed by atoms with Crippen molar-refractivity contribution < 1.29 is 13.9 Å². The van der Waals surface area contributed by atoms with Crippen LogP contribution in [0.2, 0.25) is 0 Å². The molecule has 1 aliphatic rings. The molecule has 0 saturated carbocycles. The third-order valence-electron chi connectivity index (χ3n) is 3.06. The van der Waals surface area contributed by atoms with Crippen molar-refractivity contribution in [3.8, 4) is 5.75 Å². The van der Waals surface area contributed by atoms with Crippen LogP contribution in [0.4, 0.5) is 10.5 Å². The first-order chi connectivity index (χ1) is 10.6. The Morgan fingerprint density at radius 3 is 3.00 bits per heavy atom. The maximum absolute atomic E-state index is 12.3. The number of benzene rings is 1. The summed E-state index contributed by atoms with van der Waals surface area (Å²) in [6.45, 7) is 0.249. The van der Waals surface area contributed by atoms with E-state index in [2.05, 4.69) is 10.3 Å². The van der Waals surface area contributed by atoms with Gasteiger partial charge in [-0.05, 0) is 18.2 Å². The number of urea groups is 1. The second kappa shape index (κ2) is 5.90. The lowest BCUT2D eigenvalue weighted by atomic mass is 10.2. The van der Waals surface area contributed by atoms with Crippen molar-refractivity contribution in [1.82, 2.24) is 9.88 Å². The number of oxazole rings is 1. The Morgan fingerprint density at radius 1 is 1.45 bits per heavy atom. The molecular formula is C14H11Cl2N3O3. The number of anilines is 1. The number of aromatic nitrogens is 1. The van der Waals surface area contributed by atoms with Crippen molar-refractivity contribution in [2.75, 3.05) is 19.0 Å². The zero-order chi connectivity index (χ0) is 15.7. The van der Waals surface area contributed by atoms with E-state index in [1.807, 2.05) is 0 Å². The molecule has 0 atom stereocenters. The van der Waals surface area contributed by atoms with Crippen molar-refractivity contribution in [3.63, 3.8) is 0 Å². The first-order valence-electron chi connectivity index (χ1n) is 6.29. The molecule has 2 amide bonds. The number of hydrogen-bond donors (Lipinski definition) is 1. The molecule has 0 spiro atoms. The highest BCUT2D eigenvalue weighted by Gasteiger charge is 2.19. The van der Waals surface area contributed by atoms with Crippen LogP contribution in [0, 0.1) is 0 Å². The fourth-order valence-electron chi connectivity index (χ4n) is 2.10. The summed E-state index contributed by atoms with van der Waals surface area (Å²) in [5.41, 5.74) is 1.44. The van der Waals surface area contributed by atoms with Gasteiger partial charge in [0.15, 0.2) is 17.5 Å². The smallest absolute Gasteiger partial charge is 0.326 e. The van der Waals surface area contributed by atoms with Gasteiger partial charge in [0.05, 0.1) is 24.4 Å². The lowest BCUT2D eigenvalue weighted by molar-refractivity contribution is 0.231. The molecule has 2 heterocycles. The van der Waals surface area contributed by atoms with Crippen LogP contribution >= 0.6 is 23.2 Å². The second-order valence-corrected chi connectivity index (χ2v) is 5.43. The number of halogens is 2. The van der Waals surface area contributed by atoms with Gasteiger partial charge < -0.3 is 14.5 Å². The van der Waals surface area contributed by atoms with Gasteiger partial charge in [-0.3, -0.25) is 4.90 Å². The van der Waals surface area contributed by atoms with Crippen LogP contribution < -0.4 is 10.1 Å². The molecule has 22 heavy (non-hydrogen) atoms. The van der Waals surface area contributed by atoms with E-state index in [1.54, 1.807) is 18.2 Å². The van der Waals surface area contributed by atoms with E-state index in [1.165, 1.54) is 24.6 Å². The molecule has 1 aromatic carbocycles. The quantitative estimate of drug-likeness (QED) is 0.901. The highest BCUT2D eigenvalue weighted by molar-refractivity contribution is 6.35. The second-order valence-electron chi connectivity index (χ2n) is 4.51. The number of ether oxygens (including phenoxy) is 1. The Labute approximate surface area is 135 Å². The van der Waals surface area contributed by atoms with Gasteiger partial charge >= 0.3 is 6.03 Å². The number of carbonyl (C=O) groups excluding carboxylic acids is 1. The minimum Gasteiger partial charge on any atom is -0.494 e. The number of carbonyl (C=O) groups is 1. The van der Waals surface area contributed by atoms with Gasteiger partial charge in [0.2, 0.25) is 0 Å². The summed E-state index contributed by atoms with van der Waals surface area (Å²) in [6, 6.07) is 3.00. The molecule has 6 nitrogen and oxygen atoms in total. The number of amides is 2. The van der Waals surface area contributed by atoms with Gasteiger partial charge in [0.1, 0.15) is 5.75 Å². The topological polar surface area (TPSA) is 67.6 Å². The fraction of sp³-hybridized carbons (Fsp3) is 0.143. The molecule has 0 aliphatic carbocycles. The Kier molecular flexibility index (Phi) is 3.96. The highest BCUT2D eigenvalue weighted by atomic mass is 35.5.